The summed E-state index contributed by atoms with van der Waals surface area (Å²) >= 11 is 0. The Hall–Kier alpha value is -1.59. The molecule has 0 fully saturated rings. The SMILES string of the molecule is CCCCCCCCCCCCCC(=O)OC[C@@H](COC(=O)CCCCCCC)OC(=O)CCCCCCCCCCCCCCCCCC(C)C. The van der Waals surface area contributed by atoms with Gasteiger partial charge in [0.1, 0.15) is 13.2 Å². The second kappa shape index (κ2) is 40.6. The number of hydrogen-bond acceptors (Lipinski definition) is 6. The average Bonchev–Trinajstić information content (AvgIpc) is 3.12. The summed E-state index contributed by atoms with van der Waals surface area (Å²) in [6, 6.07) is 0. The average molecular weight is 737 g/mol. The highest BCUT2D eigenvalue weighted by atomic mass is 16.6. The van der Waals surface area contributed by atoms with Crippen LogP contribution in [0, 0.1) is 5.92 Å². The molecule has 0 aliphatic heterocycles. The Balaban J connectivity index is 4.14. The molecule has 0 amide bonds. The second-order valence-electron chi connectivity index (χ2n) is 16.2. The summed E-state index contributed by atoms with van der Waals surface area (Å²) < 4.78 is 16.6. The molecule has 0 spiro atoms. The van der Waals surface area contributed by atoms with E-state index in [0.717, 1.165) is 70.1 Å². The first-order valence-electron chi connectivity index (χ1n) is 22.9. The molecule has 0 rings (SSSR count). The van der Waals surface area contributed by atoms with Crippen LogP contribution in [0.3, 0.4) is 0 Å². The fourth-order valence-electron chi connectivity index (χ4n) is 6.80. The van der Waals surface area contributed by atoms with E-state index in [0.29, 0.717) is 19.3 Å². The molecule has 0 heterocycles. The highest BCUT2D eigenvalue weighted by molar-refractivity contribution is 5.71. The van der Waals surface area contributed by atoms with E-state index in [1.807, 2.05) is 0 Å². The van der Waals surface area contributed by atoms with Crippen LogP contribution in [0.25, 0.3) is 0 Å². The molecule has 6 nitrogen and oxygen atoms in total. The molecule has 0 saturated heterocycles. The topological polar surface area (TPSA) is 78.9 Å². The van der Waals surface area contributed by atoms with Crippen molar-refractivity contribution in [2.75, 3.05) is 13.2 Å². The number of ether oxygens (including phenoxy) is 3. The van der Waals surface area contributed by atoms with Crippen LogP contribution < -0.4 is 0 Å². The van der Waals surface area contributed by atoms with Gasteiger partial charge < -0.3 is 14.2 Å². The Bertz CT molecular complexity index is 781. The van der Waals surface area contributed by atoms with Crippen LogP contribution in [0.5, 0.6) is 0 Å². The predicted octanol–water partition coefficient (Wildman–Crippen LogP) is 14.3. The van der Waals surface area contributed by atoms with Crippen molar-refractivity contribution in [3.05, 3.63) is 0 Å². The predicted molar refractivity (Wildman–Crippen MR) is 220 cm³/mol. The minimum absolute atomic E-state index is 0.0647. The monoisotopic (exact) mass is 737 g/mol. The van der Waals surface area contributed by atoms with Gasteiger partial charge in [-0.2, -0.15) is 0 Å². The van der Waals surface area contributed by atoms with E-state index in [1.54, 1.807) is 0 Å². The maximum Gasteiger partial charge on any atom is 0.306 e. The minimum Gasteiger partial charge on any atom is -0.462 e. The van der Waals surface area contributed by atoms with Gasteiger partial charge in [-0.3, -0.25) is 14.4 Å². The van der Waals surface area contributed by atoms with Crippen LogP contribution in [0.1, 0.15) is 252 Å². The van der Waals surface area contributed by atoms with Crippen molar-refractivity contribution in [1.82, 2.24) is 0 Å². The lowest BCUT2D eigenvalue weighted by atomic mass is 10.0. The number of carbonyl (C=O) groups is 3. The first-order valence-corrected chi connectivity index (χ1v) is 22.9. The van der Waals surface area contributed by atoms with Crippen LogP contribution in [-0.2, 0) is 28.6 Å². The van der Waals surface area contributed by atoms with E-state index in [-0.39, 0.29) is 31.1 Å². The van der Waals surface area contributed by atoms with Crippen molar-refractivity contribution >= 4 is 17.9 Å². The Morgan fingerprint density at radius 3 is 0.942 bits per heavy atom. The van der Waals surface area contributed by atoms with Crippen molar-refractivity contribution in [1.29, 1.82) is 0 Å². The number of rotatable bonds is 41. The summed E-state index contributed by atoms with van der Waals surface area (Å²) in [6.45, 7) is 8.93. The van der Waals surface area contributed by atoms with Crippen molar-refractivity contribution in [3.8, 4) is 0 Å². The molecule has 0 radical (unpaired) electrons. The molecule has 0 aliphatic rings. The van der Waals surface area contributed by atoms with Crippen molar-refractivity contribution in [2.24, 2.45) is 5.92 Å². The van der Waals surface area contributed by atoms with Gasteiger partial charge in [0.05, 0.1) is 0 Å². The summed E-state index contributed by atoms with van der Waals surface area (Å²) in [6.07, 6.45) is 39.7. The van der Waals surface area contributed by atoms with Crippen LogP contribution >= 0.6 is 0 Å². The minimum atomic E-state index is -0.757. The lowest BCUT2D eigenvalue weighted by Crippen LogP contribution is -2.30. The second-order valence-corrected chi connectivity index (χ2v) is 16.2. The Morgan fingerprint density at radius 2 is 0.635 bits per heavy atom. The maximum atomic E-state index is 12.7. The highest BCUT2D eigenvalue weighted by Crippen LogP contribution is 2.16. The van der Waals surface area contributed by atoms with E-state index in [4.69, 9.17) is 14.2 Å². The summed E-state index contributed by atoms with van der Waals surface area (Å²) in [7, 11) is 0. The third-order valence-electron chi connectivity index (χ3n) is 10.3. The maximum absolute atomic E-state index is 12.7. The molecule has 0 aromatic carbocycles. The van der Waals surface area contributed by atoms with E-state index in [1.165, 1.54) is 141 Å². The van der Waals surface area contributed by atoms with Gasteiger partial charge in [0, 0.05) is 19.3 Å². The van der Waals surface area contributed by atoms with Crippen molar-refractivity contribution < 1.29 is 28.6 Å². The van der Waals surface area contributed by atoms with Gasteiger partial charge in [-0.25, -0.2) is 0 Å². The lowest BCUT2D eigenvalue weighted by Gasteiger charge is -2.18. The third-order valence-corrected chi connectivity index (χ3v) is 10.3. The van der Waals surface area contributed by atoms with Gasteiger partial charge in [-0.05, 0) is 25.2 Å². The zero-order valence-electron chi connectivity index (χ0n) is 35.3. The Kier molecular flexibility index (Phi) is 39.4. The Morgan fingerprint density at radius 1 is 0.365 bits per heavy atom. The van der Waals surface area contributed by atoms with Gasteiger partial charge in [0.15, 0.2) is 6.10 Å². The van der Waals surface area contributed by atoms with Crippen molar-refractivity contribution in [3.63, 3.8) is 0 Å². The third kappa shape index (κ3) is 39.6. The number of unbranched alkanes of at least 4 members (excludes halogenated alkanes) is 28. The number of hydrogen-bond donors (Lipinski definition) is 0. The van der Waals surface area contributed by atoms with Gasteiger partial charge in [0.25, 0.3) is 0 Å². The summed E-state index contributed by atoms with van der Waals surface area (Å²) in [4.78, 5) is 37.4. The fraction of sp³-hybridized carbons (Fsp3) is 0.935. The van der Waals surface area contributed by atoms with Gasteiger partial charge in [0.2, 0.25) is 0 Å². The first kappa shape index (κ1) is 50.4. The van der Waals surface area contributed by atoms with Gasteiger partial charge in [-0.15, -0.1) is 0 Å². The highest BCUT2D eigenvalue weighted by Gasteiger charge is 2.19. The zero-order chi connectivity index (χ0) is 38.2. The van der Waals surface area contributed by atoms with E-state index < -0.39 is 6.10 Å². The molecular weight excluding hydrogens is 648 g/mol. The summed E-state index contributed by atoms with van der Waals surface area (Å²) in [5.74, 6) is -0.0200. The lowest BCUT2D eigenvalue weighted by molar-refractivity contribution is -0.167. The molecule has 0 unspecified atom stereocenters. The van der Waals surface area contributed by atoms with Gasteiger partial charge in [-0.1, -0.05) is 214 Å². The molecule has 308 valence electrons. The molecular formula is C46H88O6. The first-order chi connectivity index (χ1) is 25.4. The standard InChI is InChI=1S/C46H88O6/c1-5-7-9-11-12-13-19-23-26-30-34-38-45(48)51-41-43(40-50-44(47)37-33-28-10-8-6-2)52-46(49)39-35-31-27-24-21-18-16-14-15-17-20-22-25-29-32-36-42(3)4/h42-43H,5-41H2,1-4H3/t43-/m1/s1. The number of esters is 3. The number of carbonyl (C=O) groups excluding carboxylic acids is 3. The zero-order valence-corrected chi connectivity index (χ0v) is 35.3. The molecule has 0 bridgehead atoms. The normalized spacial score (nSPS) is 11.9. The van der Waals surface area contributed by atoms with Crippen LogP contribution in [0.2, 0.25) is 0 Å². The molecule has 0 saturated carbocycles. The quantitative estimate of drug-likeness (QED) is 0.0353. The Labute approximate surface area is 323 Å². The molecule has 52 heavy (non-hydrogen) atoms. The fourth-order valence-corrected chi connectivity index (χ4v) is 6.80. The molecule has 0 aromatic rings. The molecule has 0 aliphatic carbocycles. The van der Waals surface area contributed by atoms with Crippen molar-refractivity contribution in [2.45, 2.75) is 259 Å². The molecule has 1 atom stereocenters. The molecule has 0 N–H and O–H groups in total. The smallest absolute Gasteiger partial charge is 0.306 e. The molecule has 6 heteroatoms. The van der Waals surface area contributed by atoms with Crippen LogP contribution in [0.15, 0.2) is 0 Å². The van der Waals surface area contributed by atoms with Gasteiger partial charge >= 0.3 is 17.9 Å². The van der Waals surface area contributed by atoms with Crippen LogP contribution in [-0.4, -0.2) is 37.2 Å². The van der Waals surface area contributed by atoms with Crippen LogP contribution in [0.4, 0.5) is 0 Å². The van der Waals surface area contributed by atoms with E-state index in [9.17, 15) is 14.4 Å². The summed E-state index contributed by atoms with van der Waals surface area (Å²) in [5, 5.41) is 0. The van der Waals surface area contributed by atoms with E-state index >= 15 is 0 Å². The van der Waals surface area contributed by atoms with E-state index in [2.05, 4.69) is 27.7 Å². The summed E-state index contributed by atoms with van der Waals surface area (Å²) in [5.41, 5.74) is 0. The largest absolute Gasteiger partial charge is 0.462 e. The molecule has 0 aromatic heterocycles.